The van der Waals surface area contributed by atoms with E-state index in [0.717, 1.165) is 30.6 Å². The van der Waals surface area contributed by atoms with Crippen LogP contribution in [-0.4, -0.2) is 63.8 Å². The summed E-state index contributed by atoms with van der Waals surface area (Å²) in [4.78, 5) is 24.4. The molecule has 1 N–H and O–H groups in total. The second-order valence-electron chi connectivity index (χ2n) is 12.1. The van der Waals surface area contributed by atoms with E-state index < -0.39 is 18.5 Å². The predicted octanol–water partition coefficient (Wildman–Crippen LogP) is 6.43. The third kappa shape index (κ3) is 13.3. The van der Waals surface area contributed by atoms with Crippen molar-refractivity contribution in [3.05, 3.63) is 24.3 Å². The van der Waals surface area contributed by atoms with E-state index in [-0.39, 0.29) is 36.9 Å². The first-order valence-corrected chi connectivity index (χ1v) is 15.7. The molecule has 1 unspecified atom stereocenters. The van der Waals surface area contributed by atoms with Gasteiger partial charge in [-0.25, -0.2) is 9.59 Å². The minimum Gasteiger partial charge on any atom is -0.462 e. The molecule has 2 rings (SSSR count). The molecule has 0 radical (unpaired) electrons. The van der Waals surface area contributed by atoms with Gasteiger partial charge in [0.15, 0.2) is 0 Å². The van der Waals surface area contributed by atoms with Crippen LogP contribution in [-0.2, 0) is 28.5 Å². The minimum atomic E-state index is -0.615. The van der Waals surface area contributed by atoms with E-state index >= 15 is 0 Å². The molecule has 0 aliphatic heterocycles. The fourth-order valence-electron chi connectivity index (χ4n) is 6.32. The van der Waals surface area contributed by atoms with Gasteiger partial charge < -0.3 is 24.1 Å². The van der Waals surface area contributed by atoms with E-state index in [2.05, 4.69) is 20.1 Å². The number of aliphatic hydroxyl groups excluding tert-OH is 1. The van der Waals surface area contributed by atoms with E-state index in [1.165, 1.54) is 77.0 Å². The molecule has 0 aromatic heterocycles. The summed E-state index contributed by atoms with van der Waals surface area (Å²) < 4.78 is 21.2. The summed E-state index contributed by atoms with van der Waals surface area (Å²) in [6, 6.07) is 0. The van der Waals surface area contributed by atoms with Crippen molar-refractivity contribution in [2.24, 2.45) is 29.6 Å². The standard InChI is InChI=1S/C33H56O7/c1-5-6-7-8-27-11-15-30(16-12-27)31-17-13-28(14-18-31)9-10-29(23-39-32(35)25(2)21-34)24-40-33(36)26(3)22-38-20-19-37-4/h27-31,34H,2-3,5-24H2,1,4H3. The van der Waals surface area contributed by atoms with E-state index in [1.807, 2.05) is 0 Å². The molecule has 40 heavy (non-hydrogen) atoms. The molecule has 0 spiro atoms. The van der Waals surface area contributed by atoms with Gasteiger partial charge in [0.2, 0.25) is 0 Å². The van der Waals surface area contributed by atoms with Gasteiger partial charge in [-0.3, -0.25) is 0 Å². The Labute approximate surface area is 243 Å². The lowest BCUT2D eigenvalue weighted by molar-refractivity contribution is -0.145. The van der Waals surface area contributed by atoms with Crippen LogP contribution >= 0.6 is 0 Å². The number of hydrogen-bond donors (Lipinski definition) is 1. The van der Waals surface area contributed by atoms with Crippen LogP contribution in [0.5, 0.6) is 0 Å². The Morgan fingerprint density at radius 1 is 0.800 bits per heavy atom. The van der Waals surface area contributed by atoms with Crippen LogP contribution in [0.3, 0.4) is 0 Å². The van der Waals surface area contributed by atoms with E-state index in [1.54, 1.807) is 7.11 Å². The Morgan fingerprint density at radius 2 is 1.35 bits per heavy atom. The molecule has 0 aromatic rings. The molecule has 7 nitrogen and oxygen atoms in total. The molecule has 0 aromatic carbocycles. The number of esters is 2. The molecule has 0 amide bonds. The van der Waals surface area contributed by atoms with E-state index in [4.69, 9.17) is 24.1 Å². The molecular weight excluding hydrogens is 508 g/mol. The summed E-state index contributed by atoms with van der Waals surface area (Å²) in [6.45, 7) is 10.3. The summed E-state index contributed by atoms with van der Waals surface area (Å²) in [6.07, 6.45) is 18.2. The molecule has 2 aliphatic rings. The normalized spacial score (nSPS) is 23.8. The first-order valence-electron chi connectivity index (χ1n) is 15.7. The summed E-state index contributed by atoms with van der Waals surface area (Å²) in [7, 11) is 1.59. The topological polar surface area (TPSA) is 91.3 Å². The van der Waals surface area contributed by atoms with Gasteiger partial charge in [0.05, 0.1) is 50.8 Å². The van der Waals surface area contributed by atoms with Gasteiger partial charge in [-0.1, -0.05) is 71.4 Å². The summed E-state index contributed by atoms with van der Waals surface area (Å²) in [5, 5.41) is 9.16. The van der Waals surface area contributed by atoms with E-state index in [0.29, 0.717) is 19.1 Å². The highest BCUT2D eigenvalue weighted by molar-refractivity contribution is 5.88. The summed E-state index contributed by atoms with van der Waals surface area (Å²) in [5.41, 5.74) is 0.263. The largest absolute Gasteiger partial charge is 0.462 e. The van der Waals surface area contributed by atoms with Crippen LogP contribution in [0.1, 0.15) is 96.8 Å². The summed E-state index contributed by atoms with van der Waals surface area (Å²) >= 11 is 0. The fraction of sp³-hybridized carbons (Fsp3) is 0.818. The van der Waals surface area contributed by atoms with Gasteiger partial charge >= 0.3 is 11.9 Å². The molecule has 0 saturated heterocycles. The second-order valence-corrected chi connectivity index (χ2v) is 12.1. The Balaban J connectivity index is 1.75. The van der Waals surface area contributed by atoms with Crippen molar-refractivity contribution in [3.8, 4) is 0 Å². The van der Waals surface area contributed by atoms with E-state index in [9.17, 15) is 9.59 Å². The number of carbonyl (C=O) groups excluding carboxylic acids is 2. The molecule has 0 bridgehead atoms. The van der Waals surface area contributed by atoms with Gasteiger partial charge in [0.25, 0.3) is 0 Å². The van der Waals surface area contributed by atoms with Crippen molar-refractivity contribution < 1.29 is 33.6 Å². The van der Waals surface area contributed by atoms with Crippen molar-refractivity contribution in [3.63, 3.8) is 0 Å². The van der Waals surface area contributed by atoms with Crippen molar-refractivity contribution in [1.29, 1.82) is 0 Å². The van der Waals surface area contributed by atoms with Crippen molar-refractivity contribution in [2.45, 2.75) is 96.8 Å². The van der Waals surface area contributed by atoms with Gasteiger partial charge in [-0.2, -0.15) is 0 Å². The van der Waals surface area contributed by atoms with Crippen LogP contribution in [0.2, 0.25) is 0 Å². The lowest BCUT2D eigenvalue weighted by Gasteiger charge is -2.38. The zero-order valence-corrected chi connectivity index (χ0v) is 25.3. The maximum absolute atomic E-state index is 12.4. The smallest absolute Gasteiger partial charge is 0.335 e. The fourth-order valence-corrected chi connectivity index (χ4v) is 6.32. The van der Waals surface area contributed by atoms with Gasteiger partial charge in [0.1, 0.15) is 0 Å². The minimum absolute atomic E-state index is 0.0191. The number of ether oxygens (including phenoxy) is 4. The average Bonchev–Trinajstić information content (AvgIpc) is 2.98. The highest BCUT2D eigenvalue weighted by atomic mass is 16.6. The molecule has 2 aliphatic carbocycles. The number of rotatable bonds is 20. The average molecular weight is 565 g/mol. The lowest BCUT2D eigenvalue weighted by Crippen LogP contribution is -2.27. The number of unbranched alkanes of at least 4 members (excludes halogenated alkanes) is 2. The number of carbonyl (C=O) groups is 2. The maximum atomic E-state index is 12.4. The van der Waals surface area contributed by atoms with Crippen molar-refractivity contribution >= 4 is 11.9 Å². The molecule has 2 fully saturated rings. The zero-order chi connectivity index (χ0) is 29.2. The lowest BCUT2D eigenvalue weighted by atomic mass is 9.68. The van der Waals surface area contributed by atoms with Crippen LogP contribution in [0, 0.1) is 29.6 Å². The summed E-state index contributed by atoms with van der Waals surface area (Å²) in [5.74, 6) is 2.18. The zero-order valence-electron chi connectivity index (χ0n) is 25.3. The van der Waals surface area contributed by atoms with Crippen LogP contribution in [0.15, 0.2) is 24.3 Å². The Kier molecular flexibility index (Phi) is 17.4. The maximum Gasteiger partial charge on any atom is 0.335 e. The molecule has 0 heterocycles. The van der Waals surface area contributed by atoms with Gasteiger partial charge in [-0.15, -0.1) is 0 Å². The van der Waals surface area contributed by atoms with Gasteiger partial charge in [0, 0.05) is 13.0 Å². The monoisotopic (exact) mass is 564 g/mol. The third-order valence-electron chi connectivity index (χ3n) is 9.03. The number of aliphatic hydroxyl groups is 1. The molecule has 7 heteroatoms. The molecule has 1 atom stereocenters. The SMILES string of the molecule is C=C(CO)C(=O)OCC(CCC1CCC(C2CCC(CCCCC)CC2)CC1)COC(=O)C(=C)COCCOC. The first kappa shape index (κ1) is 34.5. The molecule has 2 saturated carbocycles. The third-order valence-corrected chi connectivity index (χ3v) is 9.03. The molecular formula is C33H56O7. The Bertz CT molecular complexity index is 748. The molecule has 230 valence electrons. The number of hydrogen-bond acceptors (Lipinski definition) is 7. The number of methoxy groups -OCH3 is 1. The van der Waals surface area contributed by atoms with Crippen molar-refractivity contribution in [1.82, 2.24) is 0 Å². The van der Waals surface area contributed by atoms with Gasteiger partial charge in [-0.05, 0) is 62.2 Å². The quantitative estimate of drug-likeness (QED) is 0.103. The Hall–Kier alpha value is -1.70. The van der Waals surface area contributed by atoms with Crippen LogP contribution < -0.4 is 0 Å². The highest BCUT2D eigenvalue weighted by Crippen LogP contribution is 2.43. The Morgan fingerprint density at radius 3 is 1.88 bits per heavy atom. The van der Waals surface area contributed by atoms with Crippen LogP contribution in [0.25, 0.3) is 0 Å². The highest BCUT2D eigenvalue weighted by Gasteiger charge is 2.31. The van der Waals surface area contributed by atoms with Crippen LogP contribution in [0.4, 0.5) is 0 Å². The first-order chi connectivity index (χ1) is 19.4. The van der Waals surface area contributed by atoms with Crippen molar-refractivity contribution in [2.75, 3.05) is 46.8 Å². The second kappa shape index (κ2) is 20.2. The predicted molar refractivity (Wildman–Crippen MR) is 158 cm³/mol.